The zero-order valence-electron chi connectivity index (χ0n) is 17.7. The highest BCUT2D eigenvalue weighted by Gasteiger charge is 2.46. The molecule has 0 spiro atoms. The maximum atomic E-state index is 11.4. The number of hydrogen-bond acceptors (Lipinski definition) is 5. The molecule has 1 rings (SSSR count). The molecule has 0 aromatic heterocycles. The Morgan fingerprint density at radius 1 is 0.970 bits per heavy atom. The van der Waals surface area contributed by atoms with Crippen LogP contribution in [0.2, 0.25) is 0 Å². The van der Waals surface area contributed by atoms with Gasteiger partial charge in [0.25, 0.3) is 0 Å². The maximum absolute atomic E-state index is 11.4. The molecule has 0 aliphatic heterocycles. The van der Waals surface area contributed by atoms with Crippen molar-refractivity contribution in [3.8, 4) is 0 Å². The summed E-state index contributed by atoms with van der Waals surface area (Å²) in [7, 11) is -9.11. The van der Waals surface area contributed by atoms with Crippen molar-refractivity contribution >= 4 is 26.0 Å². The van der Waals surface area contributed by atoms with Gasteiger partial charge in [-0.1, -0.05) is 36.9 Å². The van der Waals surface area contributed by atoms with Crippen LogP contribution in [-0.4, -0.2) is 65.4 Å². The normalized spacial score (nSPS) is 13.0. The van der Waals surface area contributed by atoms with Crippen molar-refractivity contribution < 1.29 is 52.5 Å². The molecule has 0 aliphatic rings. The minimum Gasteiger partial charge on any atom is -0.421 e. The molecule has 1 N–H and O–H groups in total. The van der Waals surface area contributed by atoms with Crippen molar-refractivity contribution in [2.75, 3.05) is 27.2 Å². The molecule has 0 saturated carbocycles. The molecule has 1 amide bonds. The predicted molar refractivity (Wildman–Crippen MR) is 108 cm³/mol. The molecule has 0 fully saturated rings. The average Bonchev–Trinajstić information content (AvgIpc) is 2.59. The Balaban J connectivity index is 0.000000633. The maximum Gasteiger partial charge on any atom is 0.480 e. The van der Waals surface area contributed by atoms with E-state index in [0.717, 1.165) is 21.7 Å². The molecule has 0 unspecified atom stereocenters. The van der Waals surface area contributed by atoms with E-state index in [1.807, 2.05) is 6.07 Å². The molecule has 0 heterocycles. The molecule has 1 aromatic carbocycles. The third kappa shape index (κ3) is 11.0. The number of quaternary nitrogens is 1. The second-order valence-corrected chi connectivity index (χ2v) is 10.7. The van der Waals surface area contributed by atoms with Crippen molar-refractivity contribution in [1.82, 2.24) is 5.32 Å². The van der Waals surface area contributed by atoms with Gasteiger partial charge in [-0.2, -0.15) is 26.3 Å². The van der Waals surface area contributed by atoms with Crippen LogP contribution < -0.4 is 5.32 Å². The van der Waals surface area contributed by atoms with Gasteiger partial charge in [-0.25, -0.2) is 16.8 Å². The number of carbonyl (C=O) groups excluding carboxylic acids is 1. The predicted octanol–water partition coefficient (Wildman–Crippen LogP) is 3.01. The molecule has 0 saturated heterocycles. The third-order valence-electron chi connectivity index (χ3n) is 3.62. The van der Waals surface area contributed by atoms with Gasteiger partial charge in [-0.3, -0.25) is 4.79 Å². The zero-order chi connectivity index (χ0) is 26.3. The van der Waals surface area contributed by atoms with Crippen molar-refractivity contribution in [3.63, 3.8) is 0 Å². The number of hydrogen-bond donors (Lipinski definition) is 1. The van der Waals surface area contributed by atoms with Gasteiger partial charge in [0.1, 0.15) is 6.54 Å². The SMILES string of the molecule is C=C(C)C(=O)NCC[N+](C)(C)Cc1ccccc1.O=S(=O)([N-]S(=O)(=O)C(F)(F)F)C(F)(F)F. The van der Waals surface area contributed by atoms with Gasteiger partial charge >= 0.3 is 11.0 Å². The Hall–Kier alpha value is -2.17. The highest BCUT2D eigenvalue weighted by molar-refractivity contribution is 8.13. The second kappa shape index (κ2) is 11.3. The fraction of sp³-hybridized carbons (Fsp3) is 0.471. The van der Waals surface area contributed by atoms with E-state index in [1.54, 1.807) is 6.92 Å². The molecule has 0 atom stereocenters. The van der Waals surface area contributed by atoms with E-state index in [-0.39, 0.29) is 5.91 Å². The van der Waals surface area contributed by atoms with Crippen LogP contribution >= 0.6 is 0 Å². The van der Waals surface area contributed by atoms with Crippen LogP contribution in [0, 0.1) is 0 Å². The van der Waals surface area contributed by atoms with Crippen molar-refractivity contribution in [2.24, 2.45) is 0 Å². The van der Waals surface area contributed by atoms with Crippen LogP contribution in [0.4, 0.5) is 26.3 Å². The lowest BCUT2D eigenvalue weighted by Crippen LogP contribution is -2.44. The number of benzene rings is 1. The molecule has 16 heteroatoms. The lowest BCUT2D eigenvalue weighted by Gasteiger charge is -2.30. The van der Waals surface area contributed by atoms with E-state index in [0.29, 0.717) is 12.1 Å². The van der Waals surface area contributed by atoms with E-state index >= 15 is 0 Å². The summed E-state index contributed by atoms with van der Waals surface area (Å²) in [5.41, 5.74) is -10.5. The number of nitrogens with one attached hydrogen (secondary N) is 1. The Bertz CT molecular complexity index is 979. The molecule has 0 aliphatic carbocycles. The van der Waals surface area contributed by atoms with Crippen LogP contribution in [0.5, 0.6) is 0 Å². The topological polar surface area (TPSA) is 111 Å². The average molecular weight is 528 g/mol. The number of alkyl halides is 6. The smallest absolute Gasteiger partial charge is 0.421 e. The molecule has 190 valence electrons. The van der Waals surface area contributed by atoms with Crippen LogP contribution in [0.25, 0.3) is 4.13 Å². The minimum absolute atomic E-state index is 0.0605. The van der Waals surface area contributed by atoms with Gasteiger partial charge in [0.15, 0.2) is 20.0 Å². The van der Waals surface area contributed by atoms with Crippen molar-refractivity contribution in [2.45, 2.75) is 24.5 Å². The van der Waals surface area contributed by atoms with Crippen molar-refractivity contribution in [3.05, 3.63) is 52.2 Å². The third-order valence-corrected chi connectivity index (χ3v) is 6.36. The first-order valence-electron chi connectivity index (χ1n) is 8.78. The number of likely N-dealkylation sites (N-methyl/N-ethyl adjacent to an activating group) is 1. The first-order chi connectivity index (χ1) is 14.6. The van der Waals surface area contributed by atoms with Gasteiger partial charge in [-0.05, 0) is 6.92 Å². The van der Waals surface area contributed by atoms with E-state index in [1.165, 1.54) is 5.56 Å². The minimum atomic E-state index is -6.72. The molecular weight excluding hydrogens is 504 g/mol. The Labute approximate surface area is 188 Å². The summed E-state index contributed by atoms with van der Waals surface area (Å²) in [6.45, 7) is 7.87. The van der Waals surface area contributed by atoms with E-state index < -0.39 is 31.1 Å². The Morgan fingerprint density at radius 3 is 1.76 bits per heavy atom. The largest absolute Gasteiger partial charge is 0.480 e. The zero-order valence-corrected chi connectivity index (χ0v) is 19.4. The molecule has 1 aromatic rings. The second-order valence-electron chi connectivity index (χ2n) is 7.26. The Kier molecular flexibility index (Phi) is 10.6. The summed E-state index contributed by atoms with van der Waals surface area (Å²) in [5, 5.41) is 2.87. The number of rotatable bonds is 8. The number of carbonyl (C=O) groups is 1. The molecular formula is C17H23F6N3O5S2. The first kappa shape index (κ1) is 30.8. The van der Waals surface area contributed by atoms with Gasteiger partial charge in [0.05, 0.1) is 27.2 Å². The lowest BCUT2D eigenvalue weighted by molar-refractivity contribution is -0.902. The van der Waals surface area contributed by atoms with Gasteiger partial charge in [0, 0.05) is 11.1 Å². The molecule has 0 bridgehead atoms. The summed E-state index contributed by atoms with van der Waals surface area (Å²) < 4.78 is 110. The standard InChI is InChI=1S/C15H22N2O.C2F6NO4S2/c1-13(2)15(18)16-10-11-17(3,4)12-14-8-6-5-7-9-14;3-1(4,5)14(10,11)9-15(12,13)2(6,7)8/h5-9H,1,10-12H2,2-4H3;/q;-1/p+1. The number of nitrogens with zero attached hydrogens (tertiary/aromatic N) is 2. The fourth-order valence-corrected chi connectivity index (χ4v) is 3.70. The highest BCUT2D eigenvalue weighted by atomic mass is 32.3. The Morgan fingerprint density at radius 2 is 1.39 bits per heavy atom. The van der Waals surface area contributed by atoms with Gasteiger partial charge < -0.3 is 13.9 Å². The van der Waals surface area contributed by atoms with Gasteiger partial charge in [0.2, 0.25) is 5.91 Å². The number of amides is 1. The molecule has 0 radical (unpaired) electrons. The number of sulfonamides is 2. The summed E-state index contributed by atoms with van der Waals surface area (Å²) >= 11 is 0. The summed E-state index contributed by atoms with van der Waals surface area (Å²) in [6.07, 6.45) is 0. The summed E-state index contributed by atoms with van der Waals surface area (Å²) in [6, 6.07) is 10.4. The summed E-state index contributed by atoms with van der Waals surface area (Å²) in [4.78, 5) is 11.4. The quantitative estimate of drug-likeness (QED) is 0.317. The summed E-state index contributed by atoms with van der Waals surface area (Å²) in [5.74, 6) is -0.0605. The fourth-order valence-electron chi connectivity index (χ4n) is 1.99. The number of halogens is 6. The van der Waals surface area contributed by atoms with Crippen LogP contribution in [0.1, 0.15) is 12.5 Å². The first-order valence-corrected chi connectivity index (χ1v) is 11.7. The molecule has 33 heavy (non-hydrogen) atoms. The lowest BCUT2D eigenvalue weighted by atomic mass is 10.2. The van der Waals surface area contributed by atoms with E-state index in [9.17, 15) is 48.0 Å². The van der Waals surface area contributed by atoms with Crippen LogP contribution in [-0.2, 0) is 31.4 Å². The van der Waals surface area contributed by atoms with E-state index in [4.69, 9.17) is 0 Å². The molecule has 8 nitrogen and oxygen atoms in total. The monoisotopic (exact) mass is 527 g/mol. The van der Waals surface area contributed by atoms with Crippen molar-refractivity contribution in [1.29, 1.82) is 0 Å². The van der Waals surface area contributed by atoms with Crippen LogP contribution in [0.3, 0.4) is 0 Å². The van der Waals surface area contributed by atoms with E-state index in [2.05, 4.69) is 50.3 Å². The van der Waals surface area contributed by atoms with Gasteiger partial charge in [-0.15, -0.1) is 0 Å². The highest BCUT2D eigenvalue weighted by Crippen LogP contribution is 2.36. The van der Waals surface area contributed by atoms with Crippen LogP contribution in [0.15, 0.2) is 42.5 Å².